The molecule has 2 heterocycles. The largest absolute Gasteiger partial charge is 0.490 e. The van der Waals surface area contributed by atoms with Crippen LogP contribution in [0.1, 0.15) is 40.1 Å². The number of pyridine rings is 1. The second-order valence-electron chi connectivity index (χ2n) is 8.75. The van der Waals surface area contributed by atoms with E-state index in [9.17, 15) is 14.7 Å². The van der Waals surface area contributed by atoms with Gasteiger partial charge in [0.1, 0.15) is 5.75 Å². The number of hydrogen-bond donors (Lipinski definition) is 3. The number of H-pyrrole nitrogens is 1. The van der Waals surface area contributed by atoms with Gasteiger partial charge >= 0.3 is 5.97 Å². The summed E-state index contributed by atoms with van der Waals surface area (Å²) in [7, 11) is 1.31. The van der Waals surface area contributed by atoms with Crippen LogP contribution >= 0.6 is 0 Å². The van der Waals surface area contributed by atoms with Crippen LogP contribution in [0.15, 0.2) is 67.1 Å². The number of carbonyl (C=O) groups is 2. The lowest BCUT2D eigenvalue weighted by Gasteiger charge is -2.19. The fraction of sp³-hybridized carbons (Fsp3) is 0.250. The van der Waals surface area contributed by atoms with Crippen LogP contribution < -0.4 is 10.1 Å². The second-order valence-corrected chi connectivity index (χ2v) is 8.75. The van der Waals surface area contributed by atoms with Gasteiger partial charge in [-0.05, 0) is 55.7 Å². The molecular formula is C28H29N3O5. The third kappa shape index (κ3) is 5.55. The van der Waals surface area contributed by atoms with Crippen molar-refractivity contribution in [1.29, 1.82) is 0 Å². The molecule has 0 radical (unpaired) electrons. The van der Waals surface area contributed by atoms with Crippen LogP contribution in [0.25, 0.3) is 22.0 Å². The van der Waals surface area contributed by atoms with E-state index in [2.05, 4.69) is 15.3 Å². The topological polar surface area (TPSA) is 114 Å². The lowest BCUT2D eigenvalue weighted by molar-refractivity contribution is 0.0600. The van der Waals surface area contributed by atoms with Crippen LogP contribution in [0, 0.1) is 0 Å². The van der Waals surface area contributed by atoms with Crippen molar-refractivity contribution in [2.45, 2.75) is 32.4 Å². The number of aliphatic hydroxyl groups excluding tert-OH is 1. The monoisotopic (exact) mass is 487 g/mol. The first-order valence-electron chi connectivity index (χ1n) is 11.7. The molecule has 4 aromatic rings. The number of para-hydroxylation sites is 1. The van der Waals surface area contributed by atoms with Gasteiger partial charge < -0.3 is 24.9 Å². The maximum atomic E-state index is 13.4. The van der Waals surface area contributed by atoms with E-state index in [0.29, 0.717) is 34.4 Å². The Balaban J connectivity index is 1.62. The van der Waals surface area contributed by atoms with E-state index in [1.807, 2.05) is 50.4 Å². The Morgan fingerprint density at radius 1 is 1.08 bits per heavy atom. The lowest BCUT2D eigenvalue weighted by atomic mass is 10.0. The average molecular weight is 488 g/mol. The standard InChI is InChI=1S/C28H29N3O5/c1-17(2)36-26-9-8-18(19-10-21(14-29-13-19)28(34)35-3)12-24(26)27(33)31-22(16-32)11-20-15-30-25-7-5-4-6-23(20)25/h4-10,12-15,17,22,30,32H,11,16H2,1-3H3,(H,31,33)/t22-/m1/s1. The zero-order chi connectivity index (χ0) is 25.7. The van der Waals surface area contributed by atoms with Crippen LogP contribution in [0.3, 0.4) is 0 Å². The molecule has 2 aromatic carbocycles. The normalized spacial score (nSPS) is 11.9. The van der Waals surface area contributed by atoms with E-state index in [1.54, 1.807) is 24.4 Å². The smallest absolute Gasteiger partial charge is 0.339 e. The summed E-state index contributed by atoms with van der Waals surface area (Å²) < 4.78 is 10.7. The molecular weight excluding hydrogens is 458 g/mol. The van der Waals surface area contributed by atoms with Gasteiger partial charge in [-0.25, -0.2) is 4.79 Å². The maximum Gasteiger partial charge on any atom is 0.339 e. The van der Waals surface area contributed by atoms with E-state index in [1.165, 1.54) is 13.3 Å². The highest BCUT2D eigenvalue weighted by atomic mass is 16.5. The minimum Gasteiger partial charge on any atom is -0.490 e. The molecule has 4 rings (SSSR count). The molecule has 0 saturated carbocycles. The molecule has 186 valence electrons. The fourth-order valence-electron chi connectivity index (χ4n) is 4.06. The van der Waals surface area contributed by atoms with Crippen molar-refractivity contribution in [2.75, 3.05) is 13.7 Å². The van der Waals surface area contributed by atoms with E-state index >= 15 is 0 Å². The number of fused-ring (bicyclic) bond motifs is 1. The summed E-state index contributed by atoms with van der Waals surface area (Å²) in [6.07, 6.45) is 5.24. The number of esters is 1. The van der Waals surface area contributed by atoms with E-state index in [0.717, 1.165) is 16.5 Å². The molecule has 0 unspecified atom stereocenters. The molecule has 0 fully saturated rings. The lowest BCUT2D eigenvalue weighted by Crippen LogP contribution is -2.39. The number of aromatic amines is 1. The number of methoxy groups -OCH3 is 1. The molecule has 0 saturated heterocycles. The van der Waals surface area contributed by atoms with Gasteiger partial charge in [0.05, 0.1) is 37.0 Å². The van der Waals surface area contributed by atoms with Crippen LogP contribution in [0.5, 0.6) is 5.75 Å². The molecule has 1 atom stereocenters. The Morgan fingerprint density at radius 2 is 1.89 bits per heavy atom. The number of aromatic nitrogens is 2. The summed E-state index contributed by atoms with van der Waals surface area (Å²) in [5.74, 6) is -0.444. The van der Waals surface area contributed by atoms with Crippen LogP contribution in [0.4, 0.5) is 0 Å². The molecule has 0 aliphatic carbocycles. The number of carbonyl (C=O) groups excluding carboxylic acids is 2. The van der Waals surface area contributed by atoms with Gasteiger partial charge in [-0.3, -0.25) is 9.78 Å². The van der Waals surface area contributed by atoms with Gasteiger partial charge in [0.2, 0.25) is 0 Å². The quantitative estimate of drug-likeness (QED) is 0.306. The summed E-state index contributed by atoms with van der Waals surface area (Å²) >= 11 is 0. The zero-order valence-electron chi connectivity index (χ0n) is 20.4. The Kier molecular flexibility index (Phi) is 7.65. The number of benzene rings is 2. The zero-order valence-corrected chi connectivity index (χ0v) is 20.4. The van der Waals surface area contributed by atoms with Gasteiger partial charge in [-0.15, -0.1) is 0 Å². The number of ether oxygens (including phenoxy) is 2. The maximum absolute atomic E-state index is 13.4. The number of aliphatic hydroxyl groups is 1. The highest BCUT2D eigenvalue weighted by molar-refractivity contribution is 5.99. The number of nitrogens with one attached hydrogen (secondary N) is 2. The van der Waals surface area contributed by atoms with Crippen molar-refractivity contribution in [2.24, 2.45) is 0 Å². The van der Waals surface area contributed by atoms with Crippen molar-refractivity contribution in [3.05, 3.63) is 83.8 Å². The minimum absolute atomic E-state index is 0.147. The third-order valence-corrected chi connectivity index (χ3v) is 5.78. The fourth-order valence-corrected chi connectivity index (χ4v) is 4.06. The molecule has 8 heteroatoms. The molecule has 3 N–H and O–H groups in total. The van der Waals surface area contributed by atoms with Crippen LogP contribution in [0.2, 0.25) is 0 Å². The summed E-state index contributed by atoms with van der Waals surface area (Å²) in [6, 6.07) is 14.3. The molecule has 0 aliphatic rings. The number of hydrogen-bond acceptors (Lipinski definition) is 6. The number of rotatable bonds is 9. The first-order valence-corrected chi connectivity index (χ1v) is 11.7. The van der Waals surface area contributed by atoms with Crippen molar-refractivity contribution in [3.8, 4) is 16.9 Å². The summed E-state index contributed by atoms with van der Waals surface area (Å²) in [6.45, 7) is 3.54. The SMILES string of the molecule is COC(=O)c1cncc(-c2ccc(OC(C)C)c(C(=O)N[C@@H](CO)Cc3c[nH]c4ccccc34)c2)c1. The third-order valence-electron chi connectivity index (χ3n) is 5.78. The van der Waals surface area contributed by atoms with Crippen LogP contribution in [-0.4, -0.2) is 52.8 Å². The van der Waals surface area contributed by atoms with Crippen molar-refractivity contribution < 1.29 is 24.2 Å². The molecule has 8 nitrogen and oxygen atoms in total. The Bertz CT molecular complexity index is 1380. The first-order chi connectivity index (χ1) is 17.4. The van der Waals surface area contributed by atoms with E-state index in [4.69, 9.17) is 9.47 Å². The molecule has 2 aromatic heterocycles. The molecule has 0 bridgehead atoms. The Hall–Kier alpha value is -4.17. The van der Waals surface area contributed by atoms with E-state index in [-0.39, 0.29) is 18.6 Å². The molecule has 1 amide bonds. The number of nitrogens with zero attached hydrogens (tertiary/aromatic N) is 1. The summed E-state index contributed by atoms with van der Waals surface area (Å²) in [4.78, 5) is 32.7. The molecule has 0 aliphatic heterocycles. The predicted octanol–water partition coefficient (Wildman–Crippen LogP) is 4.14. The summed E-state index contributed by atoms with van der Waals surface area (Å²) in [5.41, 5.74) is 3.97. The van der Waals surface area contributed by atoms with Gasteiger partial charge in [-0.1, -0.05) is 24.3 Å². The molecule has 36 heavy (non-hydrogen) atoms. The van der Waals surface area contributed by atoms with Gasteiger partial charge in [0.15, 0.2) is 0 Å². The number of amides is 1. The Morgan fingerprint density at radius 3 is 2.64 bits per heavy atom. The van der Waals surface area contributed by atoms with Gasteiger partial charge in [0.25, 0.3) is 5.91 Å². The Labute approximate surface area is 209 Å². The highest BCUT2D eigenvalue weighted by Crippen LogP contribution is 2.28. The average Bonchev–Trinajstić information content (AvgIpc) is 3.30. The van der Waals surface area contributed by atoms with E-state index < -0.39 is 12.0 Å². The highest BCUT2D eigenvalue weighted by Gasteiger charge is 2.20. The van der Waals surface area contributed by atoms with Crippen molar-refractivity contribution >= 4 is 22.8 Å². The molecule has 0 spiro atoms. The van der Waals surface area contributed by atoms with Crippen molar-refractivity contribution in [3.63, 3.8) is 0 Å². The summed E-state index contributed by atoms with van der Waals surface area (Å²) in [5, 5.41) is 14.0. The van der Waals surface area contributed by atoms with Crippen molar-refractivity contribution in [1.82, 2.24) is 15.3 Å². The van der Waals surface area contributed by atoms with Gasteiger partial charge in [-0.2, -0.15) is 0 Å². The minimum atomic E-state index is -0.503. The van der Waals surface area contributed by atoms with Crippen LogP contribution in [-0.2, 0) is 11.2 Å². The second kappa shape index (κ2) is 11.0. The predicted molar refractivity (Wildman–Crippen MR) is 137 cm³/mol. The van der Waals surface area contributed by atoms with Gasteiger partial charge in [0, 0.05) is 35.1 Å². The first kappa shape index (κ1) is 24.9.